The van der Waals surface area contributed by atoms with Crippen LogP contribution in [0.4, 0.5) is 0 Å². The Kier molecular flexibility index (Phi) is 23.2. The van der Waals surface area contributed by atoms with Crippen LogP contribution in [0.1, 0.15) is 110 Å². The molecule has 0 fully saturated rings. The second-order valence-corrected chi connectivity index (χ2v) is 11.3. The molecule has 0 aliphatic heterocycles. The zero-order chi connectivity index (χ0) is 30.1. The van der Waals surface area contributed by atoms with Gasteiger partial charge in [0.05, 0.1) is 34.4 Å². The van der Waals surface area contributed by atoms with Gasteiger partial charge in [-0.15, -0.1) is 0 Å². The molecule has 0 spiro atoms. The number of rotatable bonds is 26. The number of hydrogen-bond donors (Lipinski definition) is 1. The van der Waals surface area contributed by atoms with Crippen LogP contribution in [0.5, 0.6) is 0 Å². The van der Waals surface area contributed by atoms with E-state index in [-0.39, 0.29) is 42.7 Å². The Bertz CT molecular complexity index is 727. The molecule has 0 amide bonds. The highest BCUT2D eigenvalue weighted by Gasteiger charge is 2.31. The molecule has 0 bridgehead atoms. The quantitative estimate of drug-likeness (QED) is 0.0542. The summed E-state index contributed by atoms with van der Waals surface area (Å²) in [6.07, 6.45) is 22.8. The Morgan fingerprint density at radius 2 is 1.38 bits per heavy atom. The molecular weight excluding hydrogens is 510 g/mol. The molecule has 0 aromatic rings. The predicted molar refractivity (Wildman–Crippen MR) is 160 cm³/mol. The van der Waals surface area contributed by atoms with E-state index in [2.05, 4.69) is 31.2 Å². The zero-order valence-electron chi connectivity index (χ0n) is 26.0. The third-order valence-corrected chi connectivity index (χ3v) is 6.66. The van der Waals surface area contributed by atoms with Gasteiger partial charge < -0.3 is 23.8 Å². The summed E-state index contributed by atoms with van der Waals surface area (Å²) in [5.41, 5.74) is 0. The fraction of sp³-hybridized carbons (Fsp3) is 0.781. The first-order valence-corrected chi connectivity index (χ1v) is 15.4. The molecule has 232 valence electrons. The van der Waals surface area contributed by atoms with E-state index in [1.807, 2.05) is 21.1 Å². The minimum atomic E-state index is -0.886. The molecule has 40 heavy (non-hydrogen) atoms. The van der Waals surface area contributed by atoms with Gasteiger partial charge in [0, 0.05) is 19.3 Å². The highest BCUT2D eigenvalue weighted by Crippen LogP contribution is 2.11. The third-order valence-electron chi connectivity index (χ3n) is 6.66. The van der Waals surface area contributed by atoms with Crippen LogP contribution in [0, 0.1) is 0 Å². The zero-order valence-corrected chi connectivity index (χ0v) is 26.0. The number of hydrogen-bond acceptors (Lipinski definition) is 6. The number of nitrogens with zero attached hydrogens (tertiary/aromatic N) is 1. The number of carbonyl (C=O) groups is 3. The first kappa shape index (κ1) is 37.8. The lowest BCUT2D eigenvalue weighted by molar-refractivity contribution is -0.887. The molecule has 2 unspecified atom stereocenters. The molecule has 0 aliphatic carbocycles. The van der Waals surface area contributed by atoms with Gasteiger partial charge in [0.1, 0.15) is 6.61 Å². The van der Waals surface area contributed by atoms with Crippen LogP contribution < -0.4 is 0 Å². The molecular formula is C32H58NO7+. The van der Waals surface area contributed by atoms with Gasteiger partial charge in [0.25, 0.3) is 0 Å². The summed E-state index contributed by atoms with van der Waals surface area (Å²) in [4.78, 5) is 35.4. The number of allylic oxidation sites excluding steroid dienone is 4. The average molecular weight is 569 g/mol. The number of quaternary nitrogens is 1. The van der Waals surface area contributed by atoms with Gasteiger partial charge in [-0.1, -0.05) is 76.7 Å². The maximum Gasteiger partial charge on any atom is 0.362 e. The van der Waals surface area contributed by atoms with Crippen molar-refractivity contribution in [2.45, 2.75) is 122 Å². The van der Waals surface area contributed by atoms with E-state index in [0.29, 0.717) is 12.8 Å². The number of carboxylic acid groups (broad SMARTS) is 1. The molecule has 0 radical (unpaired) electrons. The summed E-state index contributed by atoms with van der Waals surface area (Å²) in [7, 11) is 5.46. The van der Waals surface area contributed by atoms with Crippen molar-refractivity contribution in [1.82, 2.24) is 0 Å². The summed E-state index contributed by atoms with van der Waals surface area (Å²) >= 11 is 0. The van der Waals surface area contributed by atoms with Crippen molar-refractivity contribution in [1.29, 1.82) is 0 Å². The Labute approximate surface area is 243 Å². The summed E-state index contributed by atoms with van der Waals surface area (Å²) in [5.74, 6) is -1.60. The Balaban J connectivity index is 4.13. The van der Waals surface area contributed by atoms with E-state index >= 15 is 0 Å². The molecule has 0 saturated carbocycles. The molecule has 0 saturated heterocycles. The molecule has 0 aliphatic rings. The van der Waals surface area contributed by atoms with Crippen LogP contribution in [0.25, 0.3) is 0 Å². The second kappa shape index (κ2) is 24.6. The van der Waals surface area contributed by atoms with Gasteiger partial charge in [0.2, 0.25) is 0 Å². The number of likely N-dealkylation sites (N-methyl/N-ethyl adjacent to an activating group) is 1. The van der Waals surface area contributed by atoms with E-state index in [1.165, 1.54) is 32.1 Å². The topological polar surface area (TPSA) is 99.1 Å². The first-order chi connectivity index (χ1) is 19.1. The minimum Gasteiger partial charge on any atom is -0.477 e. The lowest BCUT2D eigenvalue weighted by atomic mass is 10.1. The van der Waals surface area contributed by atoms with Crippen molar-refractivity contribution in [2.24, 2.45) is 0 Å². The van der Waals surface area contributed by atoms with E-state index in [9.17, 15) is 19.5 Å². The maximum atomic E-state index is 12.4. The van der Waals surface area contributed by atoms with Gasteiger partial charge in [-0.25, -0.2) is 4.79 Å². The highest BCUT2D eigenvalue weighted by molar-refractivity contribution is 5.72. The first-order valence-electron chi connectivity index (χ1n) is 15.4. The fourth-order valence-electron chi connectivity index (χ4n) is 4.16. The second-order valence-electron chi connectivity index (χ2n) is 11.3. The largest absolute Gasteiger partial charge is 0.477 e. The van der Waals surface area contributed by atoms with Crippen LogP contribution in [0.2, 0.25) is 0 Å². The van der Waals surface area contributed by atoms with Gasteiger partial charge in [-0.3, -0.25) is 9.59 Å². The molecule has 0 aromatic heterocycles. The van der Waals surface area contributed by atoms with E-state index < -0.39 is 18.1 Å². The lowest BCUT2D eigenvalue weighted by Crippen LogP contribution is -2.50. The smallest absolute Gasteiger partial charge is 0.362 e. The molecule has 2 atom stereocenters. The van der Waals surface area contributed by atoms with Gasteiger partial charge in [-0.2, -0.15) is 0 Å². The Morgan fingerprint density at radius 1 is 0.775 bits per heavy atom. The van der Waals surface area contributed by atoms with Crippen LogP contribution in [0.3, 0.4) is 0 Å². The number of unbranched alkanes of at least 4 members (excludes halogenated alkanes) is 9. The number of carboxylic acids is 1. The molecule has 0 rings (SSSR count). The normalized spacial score (nSPS) is 13.5. The fourth-order valence-corrected chi connectivity index (χ4v) is 4.16. The van der Waals surface area contributed by atoms with Crippen molar-refractivity contribution in [2.75, 3.05) is 41.0 Å². The SMILES string of the molecule is CCCCCC/C=C\C/C=C\CCCCCCCC(=O)OC(COCCC(C(=O)O)[N+](C)(C)C)COC(=O)CC. The monoisotopic (exact) mass is 568 g/mol. The van der Waals surface area contributed by atoms with E-state index in [1.54, 1.807) is 6.92 Å². The average Bonchev–Trinajstić information content (AvgIpc) is 2.89. The number of esters is 2. The van der Waals surface area contributed by atoms with Gasteiger partial charge >= 0.3 is 17.9 Å². The van der Waals surface area contributed by atoms with Crippen LogP contribution in [-0.2, 0) is 28.6 Å². The number of carbonyl (C=O) groups excluding carboxylic acids is 2. The summed E-state index contributed by atoms with van der Waals surface area (Å²) in [6, 6.07) is -0.609. The standard InChI is InChI=1S/C32H57NO7/c1-6-8-9-10-11-12-13-14-15-16-17-18-19-20-21-22-23-31(35)40-28(27-39-30(34)7-2)26-38-25-24-29(32(36)37)33(3,4)5/h12-13,15-16,28-29H,6-11,14,17-27H2,1-5H3/p+1/b13-12-,16-15-. The molecule has 0 aromatic carbocycles. The number of ether oxygens (including phenoxy) is 3. The maximum absolute atomic E-state index is 12.4. The Morgan fingerprint density at radius 3 is 1.95 bits per heavy atom. The molecule has 0 heterocycles. The Hall–Kier alpha value is -2.19. The van der Waals surface area contributed by atoms with Crippen molar-refractivity contribution in [3.63, 3.8) is 0 Å². The predicted octanol–water partition coefficient (Wildman–Crippen LogP) is 6.62. The van der Waals surface area contributed by atoms with E-state index in [0.717, 1.165) is 44.9 Å². The summed E-state index contributed by atoms with van der Waals surface area (Å²) in [5, 5.41) is 9.44. The van der Waals surface area contributed by atoms with Crippen LogP contribution in [0.15, 0.2) is 24.3 Å². The van der Waals surface area contributed by atoms with Gasteiger partial charge in [0.15, 0.2) is 12.1 Å². The number of aliphatic carboxylic acids is 1. The van der Waals surface area contributed by atoms with Crippen molar-refractivity contribution >= 4 is 17.9 Å². The summed E-state index contributed by atoms with van der Waals surface area (Å²) < 4.78 is 16.6. The van der Waals surface area contributed by atoms with Crippen LogP contribution in [-0.4, -0.2) is 80.6 Å². The van der Waals surface area contributed by atoms with Gasteiger partial charge in [-0.05, 0) is 38.5 Å². The summed E-state index contributed by atoms with van der Waals surface area (Å²) in [6.45, 7) is 4.11. The molecule has 8 heteroatoms. The lowest BCUT2D eigenvalue weighted by Gasteiger charge is -2.31. The highest BCUT2D eigenvalue weighted by atomic mass is 16.6. The van der Waals surface area contributed by atoms with Crippen molar-refractivity contribution in [3.05, 3.63) is 24.3 Å². The van der Waals surface area contributed by atoms with Crippen LogP contribution >= 0.6 is 0 Å². The van der Waals surface area contributed by atoms with Crippen molar-refractivity contribution < 1.29 is 38.2 Å². The van der Waals surface area contributed by atoms with Crippen molar-refractivity contribution in [3.8, 4) is 0 Å². The minimum absolute atomic E-state index is 0.0501. The van der Waals surface area contributed by atoms with E-state index in [4.69, 9.17) is 14.2 Å². The molecule has 8 nitrogen and oxygen atoms in total. The third kappa shape index (κ3) is 22.6. The molecule has 1 N–H and O–H groups in total.